The van der Waals surface area contributed by atoms with Gasteiger partial charge in [-0.3, -0.25) is 4.90 Å². The topological polar surface area (TPSA) is 55.9 Å². The zero-order valence-corrected chi connectivity index (χ0v) is 21.3. The predicted molar refractivity (Wildman–Crippen MR) is 140 cm³/mol. The predicted octanol–water partition coefficient (Wildman–Crippen LogP) is 4.04. The Morgan fingerprint density at radius 3 is 2.20 bits per heavy atom. The molecule has 1 atom stereocenters. The molecule has 0 saturated carbocycles. The maximum absolute atomic E-state index is 13.5. The molecule has 3 aromatic carbocycles. The molecule has 1 fully saturated rings. The summed E-state index contributed by atoms with van der Waals surface area (Å²) in [4.78, 5) is 6.84. The molecule has 0 aliphatic carbocycles. The smallest absolute Gasteiger partial charge is 0.240 e. The zero-order chi connectivity index (χ0) is 25.0. The number of benzene rings is 3. The second kappa shape index (κ2) is 10.8. The first-order valence-corrected chi connectivity index (χ1v) is 13.3. The summed E-state index contributed by atoms with van der Waals surface area (Å²) in [5.74, 6) is -0.448. The van der Waals surface area contributed by atoms with E-state index in [4.69, 9.17) is 0 Å². The Kier molecular flexibility index (Phi) is 7.74. The molecule has 8 heteroatoms. The first kappa shape index (κ1) is 25.2. The largest absolute Gasteiger partial charge is 0.378 e. The van der Waals surface area contributed by atoms with Gasteiger partial charge in [0.05, 0.1) is 4.90 Å². The van der Waals surface area contributed by atoms with Crippen molar-refractivity contribution < 1.29 is 12.8 Å². The van der Waals surface area contributed by atoms with Gasteiger partial charge in [-0.05, 0) is 60.5 Å². The highest BCUT2D eigenvalue weighted by Gasteiger charge is 2.27. The molecule has 0 bridgehead atoms. The summed E-state index contributed by atoms with van der Waals surface area (Å²) >= 11 is 0. The fourth-order valence-electron chi connectivity index (χ4n) is 4.56. The van der Waals surface area contributed by atoms with E-state index in [1.54, 1.807) is 6.92 Å². The quantitative estimate of drug-likeness (QED) is 0.510. The molecular weight excluding hydrogens is 463 g/mol. The van der Waals surface area contributed by atoms with Crippen LogP contribution in [0.2, 0.25) is 0 Å². The van der Waals surface area contributed by atoms with E-state index in [0.717, 1.165) is 37.4 Å². The van der Waals surface area contributed by atoms with E-state index < -0.39 is 15.8 Å². The highest BCUT2D eigenvalue weighted by atomic mass is 32.2. The third-order valence-electron chi connectivity index (χ3n) is 6.56. The van der Waals surface area contributed by atoms with Crippen LogP contribution in [-0.4, -0.2) is 60.1 Å². The molecular formula is C27H33FN4O2S. The Morgan fingerprint density at radius 1 is 0.943 bits per heavy atom. The van der Waals surface area contributed by atoms with Crippen LogP contribution in [0.4, 0.5) is 15.8 Å². The minimum atomic E-state index is -3.79. The maximum Gasteiger partial charge on any atom is 0.240 e. The number of halogens is 1. The molecule has 0 unspecified atom stereocenters. The van der Waals surface area contributed by atoms with Gasteiger partial charge >= 0.3 is 0 Å². The number of sulfonamides is 1. The number of hydrogen-bond acceptors (Lipinski definition) is 5. The lowest BCUT2D eigenvalue weighted by atomic mass is 10.0. The summed E-state index contributed by atoms with van der Waals surface area (Å²) in [6.07, 6.45) is 0. The lowest BCUT2D eigenvalue weighted by molar-refractivity contribution is 0.187. The molecule has 4 rings (SSSR count). The number of hydrogen-bond donors (Lipinski definition) is 1. The summed E-state index contributed by atoms with van der Waals surface area (Å²) in [6, 6.07) is 22.2. The van der Waals surface area contributed by atoms with Crippen molar-refractivity contribution >= 4 is 21.4 Å². The zero-order valence-electron chi connectivity index (χ0n) is 20.5. The normalized spacial score (nSPS) is 15.7. The molecule has 6 nitrogen and oxygen atoms in total. The fraction of sp³-hybridized carbons (Fsp3) is 0.333. The summed E-state index contributed by atoms with van der Waals surface area (Å²) in [6.45, 7) is 5.18. The number of nitrogens with one attached hydrogen (secondary N) is 1. The van der Waals surface area contributed by atoms with E-state index in [-0.39, 0.29) is 17.5 Å². The van der Waals surface area contributed by atoms with E-state index in [1.165, 1.54) is 23.9 Å². The van der Waals surface area contributed by atoms with Crippen LogP contribution in [0.15, 0.2) is 77.7 Å². The van der Waals surface area contributed by atoms with Crippen molar-refractivity contribution in [3.8, 4) is 0 Å². The third-order valence-corrected chi connectivity index (χ3v) is 8.15. The van der Waals surface area contributed by atoms with Crippen molar-refractivity contribution in [3.05, 3.63) is 89.7 Å². The van der Waals surface area contributed by atoms with Gasteiger partial charge < -0.3 is 9.80 Å². The SMILES string of the molecule is Cc1cc(F)ccc1S(=O)(=O)NC[C@@H](c1ccc(N(C)C)cc1)N1CCN(c2ccccc2)CC1. The van der Waals surface area contributed by atoms with E-state index in [1.807, 2.05) is 37.2 Å². The van der Waals surface area contributed by atoms with Gasteiger partial charge in [0.2, 0.25) is 10.0 Å². The van der Waals surface area contributed by atoms with Crippen molar-refractivity contribution in [2.24, 2.45) is 0 Å². The van der Waals surface area contributed by atoms with Gasteiger partial charge in [-0.1, -0.05) is 30.3 Å². The lowest BCUT2D eigenvalue weighted by Gasteiger charge is -2.40. The van der Waals surface area contributed by atoms with Crippen molar-refractivity contribution in [1.82, 2.24) is 9.62 Å². The summed E-state index contributed by atoms with van der Waals surface area (Å²) in [5.41, 5.74) is 3.73. The van der Waals surface area contributed by atoms with Gasteiger partial charge in [0.1, 0.15) is 5.82 Å². The first-order chi connectivity index (χ1) is 16.7. The van der Waals surface area contributed by atoms with Crippen LogP contribution in [-0.2, 0) is 10.0 Å². The van der Waals surface area contributed by atoms with E-state index in [9.17, 15) is 12.8 Å². The van der Waals surface area contributed by atoms with E-state index in [2.05, 4.69) is 50.9 Å². The van der Waals surface area contributed by atoms with Crippen molar-refractivity contribution in [2.45, 2.75) is 17.9 Å². The average molecular weight is 497 g/mol. The molecule has 3 aromatic rings. The molecule has 0 spiro atoms. The number of anilines is 2. The van der Waals surface area contributed by atoms with Gasteiger partial charge in [0.25, 0.3) is 0 Å². The molecule has 0 amide bonds. The fourth-order valence-corrected chi connectivity index (χ4v) is 5.83. The summed E-state index contributed by atoms with van der Waals surface area (Å²) in [7, 11) is 0.202. The van der Waals surface area contributed by atoms with Gasteiger partial charge in [0.15, 0.2) is 0 Å². The van der Waals surface area contributed by atoms with Gasteiger partial charge in [-0.15, -0.1) is 0 Å². The summed E-state index contributed by atoms with van der Waals surface area (Å²) < 4.78 is 42.5. The minimum Gasteiger partial charge on any atom is -0.378 e. The number of aryl methyl sites for hydroxylation is 1. The number of piperazine rings is 1. The van der Waals surface area contributed by atoms with Crippen LogP contribution in [0.25, 0.3) is 0 Å². The molecule has 1 N–H and O–H groups in total. The molecule has 35 heavy (non-hydrogen) atoms. The molecule has 0 aromatic heterocycles. The monoisotopic (exact) mass is 496 g/mol. The molecule has 186 valence electrons. The van der Waals surface area contributed by atoms with Gasteiger partial charge in [0, 0.05) is 64.2 Å². The molecule has 1 saturated heterocycles. The van der Waals surface area contributed by atoms with Crippen molar-refractivity contribution in [2.75, 3.05) is 56.6 Å². The molecule has 1 aliphatic heterocycles. The Balaban J connectivity index is 1.54. The van der Waals surface area contributed by atoms with Crippen molar-refractivity contribution in [1.29, 1.82) is 0 Å². The minimum absolute atomic E-state index is 0.106. The highest BCUT2D eigenvalue weighted by Crippen LogP contribution is 2.26. The van der Waals surface area contributed by atoms with Crippen LogP contribution < -0.4 is 14.5 Å². The molecule has 1 heterocycles. The summed E-state index contributed by atoms with van der Waals surface area (Å²) in [5, 5.41) is 0. The maximum atomic E-state index is 13.5. The van der Waals surface area contributed by atoms with Crippen LogP contribution in [0.3, 0.4) is 0 Å². The Bertz CT molecular complexity index is 1230. The second-order valence-corrected chi connectivity index (χ2v) is 10.9. The van der Waals surface area contributed by atoms with E-state index in [0.29, 0.717) is 5.56 Å². The standard InChI is InChI=1S/C27H33FN4O2S/c1-21-19-23(28)11-14-27(21)35(33,34)29-20-26(22-9-12-24(13-10-22)30(2)3)32-17-15-31(16-18-32)25-7-5-4-6-8-25/h4-14,19,26,29H,15-18,20H2,1-3H3/t26-/m0/s1. The number of nitrogens with zero attached hydrogens (tertiary/aromatic N) is 3. The van der Waals surface area contributed by atoms with Crippen LogP contribution in [0.5, 0.6) is 0 Å². The van der Waals surface area contributed by atoms with E-state index >= 15 is 0 Å². The molecule has 1 aliphatic rings. The van der Waals surface area contributed by atoms with Crippen LogP contribution in [0.1, 0.15) is 17.2 Å². The third kappa shape index (κ3) is 6.01. The Labute approximate surface area is 208 Å². The molecule has 0 radical (unpaired) electrons. The average Bonchev–Trinajstić information content (AvgIpc) is 2.85. The van der Waals surface area contributed by atoms with Crippen LogP contribution in [0, 0.1) is 12.7 Å². The Hall–Kier alpha value is -2.94. The number of para-hydroxylation sites is 1. The number of rotatable bonds is 8. The van der Waals surface area contributed by atoms with Crippen molar-refractivity contribution in [3.63, 3.8) is 0 Å². The van der Waals surface area contributed by atoms with Crippen LogP contribution >= 0.6 is 0 Å². The lowest BCUT2D eigenvalue weighted by Crippen LogP contribution is -2.50. The van der Waals surface area contributed by atoms with Gasteiger partial charge in [-0.2, -0.15) is 0 Å². The highest BCUT2D eigenvalue weighted by molar-refractivity contribution is 7.89. The van der Waals surface area contributed by atoms with Gasteiger partial charge in [-0.25, -0.2) is 17.5 Å². The first-order valence-electron chi connectivity index (χ1n) is 11.8. The Morgan fingerprint density at radius 2 is 1.60 bits per heavy atom. The second-order valence-electron chi connectivity index (χ2n) is 9.12.